The van der Waals surface area contributed by atoms with Gasteiger partial charge in [-0.05, 0) is 53.2 Å². The Hall–Kier alpha value is -2.86. The average Bonchev–Trinajstić information content (AvgIpc) is 2.83. The number of morpholine rings is 1. The lowest BCUT2D eigenvalue weighted by molar-refractivity contribution is 0.0730. The van der Waals surface area contributed by atoms with Crippen molar-refractivity contribution in [2.45, 2.75) is 9.79 Å². The number of methoxy groups -OCH3 is 2. The van der Waals surface area contributed by atoms with Crippen molar-refractivity contribution in [3.8, 4) is 11.5 Å². The van der Waals surface area contributed by atoms with Crippen LogP contribution in [0.2, 0.25) is 0 Å². The minimum Gasteiger partial charge on any atom is -0.497 e. The molecule has 0 saturated carbocycles. The van der Waals surface area contributed by atoms with Crippen LogP contribution in [0.15, 0.2) is 64.4 Å². The predicted molar refractivity (Wildman–Crippen MR) is 124 cm³/mol. The number of hydrogen-bond acceptors (Lipinski definition) is 7. The van der Waals surface area contributed by atoms with E-state index in [1.54, 1.807) is 25.3 Å². The maximum absolute atomic E-state index is 13.1. The first kappa shape index (κ1) is 23.3. The number of nitrogens with zero attached hydrogens (tertiary/aromatic N) is 1. The predicted octanol–water partition coefficient (Wildman–Crippen LogP) is 2.68. The van der Waals surface area contributed by atoms with E-state index >= 15 is 0 Å². The SMILES string of the molecule is COc1ccc2cc(S(=O)(=O)Nc3cc(S(=O)(=O)N4CCOCC4)ccc3OC)ccc2c1. The number of rotatable bonds is 7. The zero-order valence-electron chi connectivity index (χ0n) is 18.1. The third-order valence-electron chi connectivity index (χ3n) is 5.35. The second-order valence-electron chi connectivity index (χ2n) is 7.36. The summed E-state index contributed by atoms with van der Waals surface area (Å²) < 4.78 is 71.8. The Labute approximate surface area is 193 Å². The molecule has 3 aromatic rings. The van der Waals surface area contributed by atoms with Crippen molar-refractivity contribution in [3.05, 3.63) is 54.6 Å². The van der Waals surface area contributed by atoms with E-state index in [2.05, 4.69) is 4.72 Å². The quantitative estimate of drug-likeness (QED) is 0.540. The molecule has 1 heterocycles. The summed E-state index contributed by atoms with van der Waals surface area (Å²) in [6.07, 6.45) is 0. The van der Waals surface area contributed by atoms with Gasteiger partial charge in [0.15, 0.2) is 0 Å². The molecule has 9 nitrogen and oxygen atoms in total. The Morgan fingerprint density at radius 2 is 1.48 bits per heavy atom. The Balaban J connectivity index is 1.68. The van der Waals surface area contributed by atoms with Gasteiger partial charge in [-0.25, -0.2) is 16.8 Å². The molecule has 1 saturated heterocycles. The lowest BCUT2D eigenvalue weighted by Gasteiger charge is -2.26. The molecule has 0 amide bonds. The van der Waals surface area contributed by atoms with Gasteiger partial charge in [-0.3, -0.25) is 4.72 Å². The van der Waals surface area contributed by atoms with Gasteiger partial charge in [0, 0.05) is 13.1 Å². The van der Waals surface area contributed by atoms with Gasteiger partial charge in [-0.1, -0.05) is 12.1 Å². The highest BCUT2D eigenvalue weighted by Crippen LogP contribution is 2.32. The Bertz CT molecular complexity index is 1380. The molecule has 0 spiro atoms. The lowest BCUT2D eigenvalue weighted by Crippen LogP contribution is -2.40. The van der Waals surface area contributed by atoms with Crippen molar-refractivity contribution in [2.24, 2.45) is 0 Å². The molecule has 33 heavy (non-hydrogen) atoms. The topological polar surface area (TPSA) is 111 Å². The molecule has 0 aliphatic carbocycles. The van der Waals surface area contributed by atoms with Gasteiger partial charge >= 0.3 is 0 Å². The van der Waals surface area contributed by atoms with Crippen molar-refractivity contribution in [1.29, 1.82) is 0 Å². The summed E-state index contributed by atoms with van der Waals surface area (Å²) in [4.78, 5) is -0.00262. The van der Waals surface area contributed by atoms with Gasteiger partial charge in [0.1, 0.15) is 11.5 Å². The molecule has 11 heteroatoms. The number of benzene rings is 3. The van der Waals surface area contributed by atoms with E-state index in [0.29, 0.717) is 24.3 Å². The normalized spacial score (nSPS) is 15.3. The van der Waals surface area contributed by atoms with Crippen LogP contribution in [0.1, 0.15) is 0 Å². The van der Waals surface area contributed by atoms with Crippen molar-refractivity contribution >= 4 is 36.5 Å². The van der Waals surface area contributed by atoms with Crippen molar-refractivity contribution in [1.82, 2.24) is 4.31 Å². The first-order valence-corrected chi connectivity index (χ1v) is 13.0. The highest BCUT2D eigenvalue weighted by molar-refractivity contribution is 7.92. The Kier molecular flexibility index (Phi) is 6.48. The molecule has 1 N–H and O–H groups in total. The van der Waals surface area contributed by atoms with Crippen molar-refractivity contribution in [3.63, 3.8) is 0 Å². The van der Waals surface area contributed by atoms with Crippen molar-refractivity contribution < 1.29 is 31.0 Å². The average molecular weight is 493 g/mol. The van der Waals surface area contributed by atoms with Gasteiger partial charge in [0.25, 0.3) is 10.0 Å². The second kappa shape index (κ2) is 9.18. The molecule has 0 radical (unpaired) electrons. The van der Waals surface area contributed by atoms with Crippen LogP contribution in [0.4, 0.5) is 5.69 Å². The minimum atomic E-state index is -4.03. The third-order valence-corrected chi connectivity index (χ3v) is 8.61. The third kappa shape index (κ3) is 4.76. The number of fused-ring (bicyclic) bond motifs is 1. The van der Waals surface area contributed by atoms with E-state index in [9.17, 15) is 16.8 Å². The van der Waals surface area contributed by atoms with E-state index in [-0.39, 0.29) is 34.3 Å². The standard InChI is InChI=1S/C22H24N2O7S2/c1-29-18-5-3-17-14-19(6-4-16(17)13-18)32(25,26)23-21-15-20(7-8-22(21)30-2)33(27,28)24-9-11-31-12-10-24/h3-8,13-15,23H,9-12H2,1-2H3. The largest absolute Gasteiger partial charge is 0.497 e. The second-order valence-corrected chi connectivity index (χ2v) is 11.0. The van der Waals surface area contributed by atoms with Gasteiger partial charge in [0.05, 0.1) is 42.9 Å². The van der Waals surface area contributed by atoms with Crippen LogP contribution < -0.4 is 14.2 Å². The summed E-state index contributed by atoms with van der Waals surface area (Å²) in [5.41, 5.74) is 0.0293. The molecule has 0 unspecified atom stereocenters. The monoisotopic (exact) mass is 492 g/mol. The highest BCUT2D eigenvalue weighted by atomic mass is 32.2. The van der Waals surface area contributed by atoms with Gasteiger partial charge in [0.2, 0.25) is 10.0 Å². The maximum Gasteiger partial charge on any atom is 0.262 e. The summed E-state index contributed by atoms with van der Waals surface area (Å²) in [7, 11) is -4.90. The first-order valence-electron chi connectivity index (χ1n) is 10.1. The molecule has 176 valence electrons. The van der Waals surface area contributed by atoms with Crippen LogP contribution in [-0.4, -0.2) is 61.7 Å². The van der Waals surface area contributed by atoms with Gasteiger partial charge in [-0.15, -0.1) is 0 Å². The van der Waals surface area contributed by atoms with E-state index in [1.807, 2.05) is 6.07 Å². The fraction of sp³-hybridized carbons (Fsp3) is 0.273. The van der Waals surface area contributed by atoms with Crippen LogP contribution in [-0.2, 0) is 24.8 Å². The molecule has 0 bridgehead atoms. The highest BCUT2D eigenvalue weighted by Gasteiger charge is 2.28. The summed E-state index contributed by atoms with van der Waals surface area (Å²) in [6.45, 7) is 1.08. The molecule has 1 fully saturated rings. The first-order chi connectivity index (χ1) is 15.7. The molecular formula is C22H24N2O7S2. The number of ether oxygens (including phenoxy) is 3. The maximum atomic E-state index is 13.1. The molecule has 0 atom stereocenters. The van der Waals surface area contributed by atoms with E-state index in [4.69, 9.17) is 14.2 Å². The lowest BCUT2D eigenvalue weighted by atomic mass is 10.1. The zero-order valence-corrected chi connectivity index (χ0v) is 19.8. The van der Waals surface area contributed by atoms with E-state index in [1.165, 1.54) is 41.7 Å². The molecule has 1 aliphatic heterocycles. The van der Waals surface area contributed by atoms with Crippen LogP contribution in [0, 0.1) is 0 Å². The summed E-state index contributed by atoms with van der Waals surface area (Å²) >= 11 is 0. The number of anilines is 1. The Morgan fingerprint density at radius 1 is 0.818 bits per heavy atom. The number of sulfonamides is 2. The van der Waals surface area contributed by atoms with Gasteiger partial charge in [-0.2, -0.15) is 4.31 Å². The molecule has 0 aromatic heterocycles. The summed E-state index contributed by atoms with van der Waals surface area (Å²) in [6, 6.07) is 14.1. The fourth-order valence-corrected chi connectivity index (χ4v) is 6.09. The van der Waals surface area contributed by atoms with Crippen LogP contribution in [0.5, 0.6) is 11.5 Å². The van der Waals surface area contributed by atoms with Crippen LogP contribution in [0.25, 0.3) is 10.8 Å². The fourth-order valence-electron chi connectivity index (χ4n) is 3.56. The van der Waals surface area contributed by atoms with Gasteiger partial charge < -0.3 is 14.2 Å². The molecular weight excluding hydrogens is 468 g/mol. The number of nitrogens with one attached hydrogen (secondary N) is 1. The van der Waals surface area contributed by atoms with Crippen molar-refractivity contribution in [2.75, 3.05) is 45.2 Å². The van der Waals surface area contributed by atoms with Crippen LogP contribution >= 0.6 is 0 Å². The van der Waals surface area contributed by atoms with Crippen LogP contribution in [0.3, 0.4) is 0 Å². The minimum absolute atomic E-state index is 0.0293. The zero-order chi connectivity index (χ0) is 23.6. The molecule has 1 aliphatic rings. The molecule has 3 aromatic carbocycles. The summed E-state index contributed by atoms with van der Waals surface area (Å²) in [5, 5.41) is 1.54. The number of hydrogen-bond donors (Lipinski definition) is 1. The van der Waals surface area contributed by atoms with E-state index in [0.717, 1.165) is 5.39 Å². The smallest absolute Gasteiger partial charge is 0.262 e. The van der Waals surface area contributed by atoms with E-state index < -0.39 is 20.0 Å². The summed E-state index contributed by atoms with van der Waals surface area (Å²) in [5.74, 6) is 0.865. The molecule has 4 rings (SSSR count). The Morgan fingerprint density at radius 3 is 2.18 bits per heavy atom.